The Labute approximate surface area is 93.7 Å². The minimum Gasteiger partial charge on any atom is -0.0617 e. The van der Waals surface area contributed by atoms with Crippen molar-refractivity contribution in [3.8, 4) is 0 Å². The monoisotopic (exact) mass is 202 g/mol. The van der Waals surface area contributed by atoms with E-state index < -0.39 is 0 Å². The lowest BCUT2D eigenvalue weighted by Gasteiger charge is -2.39. The molecule has 1 fully saturated rings. The Kier molecular flexibility index (Phi) is 2.41. The van der Waals surface area contributed by atoms with Crippen LogP contribution < -0.4 is 0 Å². The average Bonchev–Trinajstić information content (AvgIpc) is 2.43. The highest BCUT2D eigenvalue weighted by atomic mass is 14.5. The van der Waals surface area contributed by atoms with Gasteiger partial charge in [-0.2, -0.15) is 0 Å². The van der Waals surface area contributed by atoms with E-state index in [-0.39, 0.29) is 0 Å². The van der Waals surface area contributed by atoms with Gasteiger partial charge in [0.25, 0.3) is 0 Å². The Morgan fingerprint density at radius 2 is 1.80 bits per heavy atom. The molecular formula is C15H22. The molecule has 1 aromatic rings. The van der Waals surface area contributed by atoms with Gasteiger partial charge in [0, 0.05) is 0 Å². The molecule has 0 heterocycles. The third-order valence-corrected chi connectivity index (χ3v) is 4.63. The summed E-state index contributed by atoms with van der Waals surface area (Å²) in [6.45, 7) is 9.47. The molecule has 0 N–H and O–H groups in total. The first-order valence-electron chi connectivity index (χ1n) is 6.03. The Balaban J connectivity index is 2.45. The van der Waals surface area contributed by atoms with Crippen molar-refractivity contribution in [2.45, 2.75) is 52.4 Å². The van der Waals surface area contributed by atoms with Gasteiger partial charge in [-0.3, -0.25) is 0 Å². The van der Waals surface area contributed by atoms with Gasteiger partial charge in [-0.25, -0.2) is 0 Å². The summed E-state index contributed by atoms with van der Waals surface area (Å²) in [6.07, 6.45) is 4.07. The summed E-state index contributed by atoms with van der Waals surface area (Å²) in [6, 6.07) is 9.06. The van der Waals surface area contributed by atoms with E-state index in [0.29, 0.717) is 10.8 Å². The highest BCUT2D eigenvalue weighted by Crippen LogP contribution is 2.53. The zero-order valence-electron chi connectivity index (χ0n) is 10.4. The van der Waals surface area contributed by atoms with E-state index in [9.17, 15) is 0 Å². The van der Waals surface area contributed by atoms with Crippen molar-refractivity contribution in [2.24, 2.45) is 5.41 Å². The van der Waals surface area contributed by atoms with Gasteiger partial charge in [0.2, 0.25) is 0 Å². The number of hydrogen-bond acceptors (Lipinski definition) is 0. The van der Waals surface area contributed by atoms with Crippen LogP contribution in [0.2, 0.25) is 0 Å². The van der Waals surface area contributed by atoms with E-state index in [1.165, 1.54) is 30.4 Å². The van der Waals surface area contributed by atoms with Crippen molar-refractivity contribution in [3.05, 3.63) is 35.4 Å². The molecule has 1 atom stereocenters. The first-order valence-corrected chi connectivity index (χ1v) is 6.03. The molecule has 82 valence electrons. The van der Waals surface area contributed by atoms with Gasteiger partial charge in [-0.15, -0.1) is 0 Å². The Morgan fingerprint density at radius 1 is 1.07 bits per heavy atom. The molecule has 0 bridgehead atoms. The lowest BCUT2D eigenvalue weighted by Crippen LogP contribution is -2.33. The fraction of sp³-hybridized carbons (Fsp3) is 0.600. The summed E-state index contributed by atoms with van der Waals surface area (Å²) in [7, 11) is 0. The minimum atomic E-state index is 0.374. The zero-order chi connectivity index (χ0) is 11.1. The molecule has 0 heteroatoms. The second-order valence-corrected chi connectivity index (χ2v) is 5.94. The molecule has 0 saturated heterocycles. The van der Waals surface area contributed by atoms with E-state index in [1.54, 1.807) is 0 Å². The number of aryl methyl sites for hydroxylation is 1. The van der Waals surface area contributed by atoms with Gasteiger partial charge in [0.15, 0.2) is 0 Å². The fourth-order valence-electron chi connectivity index (χ4n) is 3.02. The maximum atomic E-state index is 2.44. The van der Waals surface area contributed by atoms with Crippen LogP contribution in [0, 0.1) is 12.3 Å². The number of rotatable bonds is 1. The predicted octanol–water partition coefficient (Wildman–Crippen LogP) is 4.46. The van der Waals surface area contributed by atoms with Crippen molar-refractivity contribution in [2.75, 3.05) is 0 Å². The van der Waals surface area contributed by atoms with Crippen molar-refractivity contribution >= 4 is 0 Å². The van der Waals surface area contributed by atoms with Gasteiger partial charge in [-0.05, 0) is 36.2 Å². The second kappa shape index (κ2) is 3.37. The van der Waals surface area contributed by atoms with Crippen LogP contribution in [-0.2, 0) is 5.41 Å². The summed E-state index contributed by atoms with van der Waals surface area (Å²) in [5.74, 6) is 0. The summed E-state index contributed by atoms with van der Waals surface area (Å²) < 4.78 is 0. The summed E-state index contributed by atoms with van der Waals surface area (Å²) in [5.41, 5.74) is 3.74. The van der Waals surface area contributed by atoms with Crippen LogP contribution in [0.25, 0.3) is 0 Å². The number of hydrogen-bond donors (Lipinski definition) is 0. The van der Waals surface area contributed by atoms with Gasteiger partial charge in [0.1, 0.15) is 0 Å². The largest absolute Gasteiger partial charge is 0.0617 e. The van der Waals surface area contributed by atoms with Crippen LogP contribution in [0.1, 0.15) is 51.2 Å². The van der Waals surface area contributed by atoms with E-state index in [0.717, 1.165) is 0 Å². The van der Waals surface area contributed by atoms with E-state index in [2.05, 4.69) is 52.0 Å². The smallest absolute Gasteiger partial charge is 0.00241 e. The van der Waals surface area contributed by atoms with Gasteiger partial charge in [-0.1, -0.05) is 57.0 Å². The van der Waals surface area contributed by atoms with Crippen molar-refractivity contribution in [1.29, 1.82) is 0 Å². The minimum absolute atomic E-state index is 0.374. The lowest BCUT2D eigenvalue weighted by atomic mass is 9.65. The molecule has 0 unspecified atom stereocenters. The van der Waals surface area contributed by atoms with Crippen LogP contribution in [0.3, 0.4) is 0 Å². The van der Waals surface area contributed by atoms with Crippen LogP contribution in [0.15, 0.2) is 24.3 Å². The second-order valence-electron chi connectivity index (χ2n) is 5.94. The molecule has 1 aliphatic carbocycles. The molecule has 1 saturated carbocycles. The zero-order valence-corrected chi connectivity index (χ0v) is 10.4. The molecular weight excluding hydrogens is 180 g/mol. The first-order chi connectivity index (χ1) is 6.96. The SMILES string of the molecule is Cc1cccc([C@@]2(C)CCCC2(C)C)c1. The van der Waals surface area contributed by atoms with Crippen LogP contribution in [0.4, 0.5) is 0 Å². The molecule has 0 aromatic heterocycles. The first kappa shape index (κ1) is 10.7. The van der Waals surface area contributed by atoms with Gasteiger partial charge in [0.05, 0.1) is 0 Å². The quantitative estimate of drug-likeness (QED) is 0.630. The van der Waals surface area contributed by atoms with Gasteiger partial charge >= 0.3 is 0 Å². The third kappa shape index (κ3) is 1.60. The highest BCUT2D eigenvalue weighted by Gasteiger charge is 2.45. The molecule has 1 aliphatic rings. The fourth-order valence-corrected chi connectivity index (χ4v) is 3.02. The topological polar surface area (TPSA) is 0 Å². The average molecular weight is 202 g/mol. The van der Waals surface area contributed by atoms with Crippen LogP contribution in [-0.4, -0.2) is 0 Å². The highest BCUT2D eigenvalue weighted by molar-refractivity contribution is 5.32. The van der Waals surface area contributed by atoms with Crippen LogP contribution in [0.5, 0.6) is 0 Å². The van der Waals surface area contributed by atoms with Crippen molar-refractivity contribution < 1.29 is 0 Å². The maximum Gasteiger partial charge on any atom is -0.00241 e. The molecule has 0 nitrogen and oxygen atoms in total. The molecule has 1 aromatic carbocycles. The summed E-state index contributed by atoms with van der Waals surface area (Å²) in [5, 5.41) is 0. The number of benzene rings is 1. The lowest BCUT2D eigenvalue weighted by molar-refractivity contribution is 0.225. The molecule has 0 aliphatic heterocycles. The maximum absolute atomic E-state index is 2.44. The molecule has 15 heavy (non-hydrogen) atoms. The predicted molar refractivity (Wildman–Crippen MR) is 66.2 cm³/mol. The third-order valence-electron chi connectivity index (χ3n) is 4.63. The molecule has 2 rings (SSSR count). The van der Waals surface area contributed by atoms with E-state index in [4.69, 9.17) is 0 Å². The normalized spacial score (nSPS) is 29.3. The van der Waals surface area contributed by atoms with Crippen LogP contribution >= 0.6 is 0 Å². The van der Waals surface area contributed by atoms with E-state index >= 15 is 0 Å². The Bertz CT molecular complexity index is 362. The van der Waals surface area contributed by atoms with Gasteiger partial charge < -0.3 is 0 Å². The van der Waals surface area contributed by atoms with Crippen molar-refractivity contribution in [1.82, 2.24) is 0 Å². The van der Waals surface area contributed by atoms with E-state index in [1.807, 2.05) is 0 Å². The summed E-state index contributed by atoms with van der Waals surface area (Å²) in [4.78, 5) is 0. The Hall–Kier alpha value is -0.780. The Morgan fingerprint density at radius 3 is 2.33 bits per heavy atom. The standard InChI is InChI=1S/C15H22/c1-12-7-5-8-13(11-12)15(4)10-6-9-14(15,2)3/h5,7-8,11H,6,9-10H2,1-4H3/t15-/m1/s1. The molecule has 0 amide bonds. The molecule has 0 radical (unpaired) electrons. The summed E-state index contributed by atoms with van der Waals surface area (Å²) >= 11 is 0. The molecule has 0 spiro atoms. The van der Waals surface area contributed by atoms with Crippen molar-refractivity contribution in [3.63, 3.8) is 0 Å².